The summed E-state index contributed by atoms with van der Waals surface area (Å²) in [5.74, 6) is 0. The first kappa shape index (κ1) is 10.6. The number of nitrogens with two attached hydrogens (primary N) is 1. The van der Waals surface area contributed by atoms with Crippen molar-refractivity contribution in [3.63, 3.8) is 0 Å². The van der Waals surface area contributed by atoms with Gasteiger partial charge >= 0.3 is 0 Å². The van der Waals surface area contributed by atoms with Gasteiger partial charge in [-0.15, -0.1) is 0 Å². The fraction of sp³-hybridized carbons (Fsp3) is 0.167. The van der Waals surface area contributed by atoms with Crippen LogP contribution in [0, 0.1) is 0 Å². The van der Waals surface area contributed by atoms with Crippen molar-refractivity contribution >= 4 is 26.7 Å². The smallest absolute Gasteiger partial charge is 0.0918 e. The highest BCUT2D eigenvalue weighted by molar-refractivity contribution is 9.10. The van der Waals surface area contributed by atoms with Crippen molar-refractivity contribution in [1.29, 1.82) is 0 Å². The molecule has 2 rings (SSSR count). The Balaban J connectivity index is 2.71. The lowest BCUT2D eigenvalue weighted by molar-refractivity contribution is 0.188. The highest BCUT2D eigenvalue weighted by Gasteiger charge is 2.10. The molecule has 0 bridgehead atoms. The lowest BCUT2D eigenvalue weighted by Gasteiger charge is -2.12. The van der Waals surface area contributed by atoms with Gasteiger partial charge < -0.3 is 10.8 Å². The van der Waals surface area contributed by atoms with Crippen LogP contribution in [0.1, 0.15) is 11.7 Å². The molecule has 0 aromatic heterocycles. The molecule has 1 unspecified atom stereocenters. The monoisotopic (exact) mass is 265 g/mol. The van der Waals surface area contributed by atoms with Crippen molar-refractivity contribution in [2.24, 2.45) is 5.73 Å². The molecule has 0 saturated heterocycles. The van der Waals surface area contributed by atoms with Gasteiger partial charge in [-0.25, -0.2) is 0 Å². The van der Waals surface area contributed by atoms with E-state index >= 15 is 0 Å². The van der Waals surface area contributed by atoms with Crippen LogP contribution in [0.2, 0.25) is 0 Å². The van der Waals surface area contributed by atoms with E-state index in [-0.39, 0.29) is 6.54 Å². The molecule has 0 amide bonds. The van der Waals surface area contributed by atoms with Crippen molar-refractivity contribution in [2.45, 2.75) is 6.10 Å². The Hall–Kier alpha value is -0.900. The van der Waals surface area contributed by atoms with Gasteiger partial charge in [0.1, 0.15) is 0 Å². The molecule has 2 aromatic rings. The van der Waals surface area contributed by atoms with Gasteiger partial charge in [-0.3, -0.25) is 0 Å². The predicted octanol–water partition coefficient (Wildman–Crippen LogP) is 2.59. The fourth-order valence-corrected chi connectivity index (χ4v) is 2.18. The highest BCUT2D eigenvalue weighted by atomic mass is 79.9. The zero-order valence-electron chi connectivity index (χ0n) is 8.15. The first-order valence-corrected chi connectivity index (χ1v) is 5.58. The number of aliphatic hydroxyl groups is 1. The summed E-state index contributed by atoms with van der Waals surface area (Å²) in [5.41, 5.74) is 6.36. The molecule has 3 heteroatoms. The van der Waals surface area contributed by atoms with Crippen LogP contribution in [0.4, 0.5) is 0 Å². The quantitative estimate of drug-likeness (QED) is 0.877. The molecular weight excluding hydrogens is 254 g/mol. The summed E-state index contributed by atoms with van der Waals surface area (Å²) in [6.45, 7) is 0.242. The Kier molecular flexibility index (Phi) is 3.05. The Bertz CT molecular complexity index is 484. The number of aliphatic hydroxyl groups excluding tert-OH is 1. The van der Waals surface area contributed by atoms with Crippen LogP contribution in [-0.4, -0.2) is 11.7 Å². The molecule has 0 spiro atoms. The van der Waals surface area contributed by atoms with Crippen LogP contribution in [0.3, 0.4) is 0 Å². The van der Waals surface area contributed by atoms with Crippen molar-refractivity contribution < 1.29 is 5.11 Å². The fourth-order valence-electron chi connectivity index (χ4n) is 1.70. The average Bonchev–Trinajstić information content (AvgIpc) is 2.29. The van der Waals surface area contributed by atoms with E-state index in [1.165, 1.54) is 0 Å². The predicted molar refractivity (Wildman–Crippen MR) is 65.7 cm³/mol. The molecule has 2 aromatic carbocycles. The summed E-state index contributed by atoms with van der Waals surface area (Å²) in [6, 6.07) is 11.8. The number of hydrogen-bond acceptors (Lipinski definition) is 2. The summed E-state index contributed by atoms with van der Waals surface area (Å²) < 4.78 is 1.03. The Labute approximate surface area is 96.8 Å². The molecule has 0 aliphatic rings. The number of fused-ring (bicyclic) bond motifs is 1. The largest absolute Gasteiger partial charge is 0.387 e. The van der Waals surface area contributed by atoms with Crippen LogP contribution < -0.4 is 5.73 Å². The average molecular weight is 266 g/mol. The second-order valence-electron chi connectivity index (χ2n) is 3.43. The summed E-state index contributed by atoms with van der Waals surface area (Å²) >= 11 is 3.49. The van der Waals surface area contributed by atoms with E-state index in [0.717, 1.165) is 20.8 Å². The molecule has 0 saturated carbocycles. The summed E-state index contributed by atoms with van der Waals surface area (Å²) in [7, 11) is 0. The minimum absolute atomic E-state index is 0.242. The van der Waals surface area contributed by atoms with Crippen LogP contribution in [0.5, 0.6) is 0 Å². The van der Waals surface area contributed by atoms with Crippen molar-refractivity contribution in [3.05, 3.63) is 46.4 Å². The lowest BCUT2D eigenvalue weighted by Crippen LogP contribution is -2.11. The minimum atomic E-state index is -0.594. The van der Waals surface area contributed by atoms with E-state index in [9.17, 15) is 5.11 Å². The summed E-state index contributed by atoms with van der Waals surface area (Å²) in [5, 5.41) is 11.9. The minimum Gasteiger partial charge on any atom is -0.387 e. The van der Waals surface area contributed by atoms with Crippen molar-refractivity contribution in [2.75, 3.05) is 6.54 Å². The number of rotatable bonds is 2. The molecule has 0 radical (unpaired) electrons. The van der Waals surface area contributed by atoms with Gasteiger partial charge in [0, 0.05) is 11.0 Å². The van der Waals surface area contributed by atoms with Gasteiger partial charge in [-0.05, 0) is 22.4 Å². The van der Waals surface area contributed by atoms with Gasteiger partial charge in [0.2, 0.25) is 0 Å². The standard InChI is InChI=1S/C12H12BrNO/c13-11-6-5-10(12(15)7-14)8-3-1-2-4-9(8)11/h1-6,12,15H,7,14H2. The number of hydrogen-bond donors (Lipinski definition) is 2. The zero-order valence-corrected chi connectivity index (χ0v) is 9.74. The van der Waals surface area contributed by atoms with Gasteiger partial charge in [0.05, 0.1) is 6.10 Å². The molecule has 0 aliphatic carbocycles. The third kappa shape index (κ3) is 1.91. The Morgan fingerprint density at radius 3 is 2.47 bits per heavy atom. The molecule has 15 heavy (non-hydrogen) atoms. The number of benzene rings is 2. The number of halogens is 1. The maximum Gasteiger partial charge on any atom is 0.0918 e. The van der Waals surface area contributed by atoms with E-state index in [2.05, 4.69) is 15.9 Å². The van der Waals surface area contributed by atoms with Crippen LogP contribution >= 0.6 is 15.9 Å². The van der Waals surface area contributed by atoms with Gasteiger partial charge in [0.25, 0.3) is 0 Å². The molecule has 0 heterocycles. The second kappa shape index (κ2) is 4.31. The molecule has 78 valence electrons. The molecule has 1 atom stereocenters. The summed E-state index contributed by atoms with van der Waals surface area (Å²) in [4.78, 5) is 0. The van der Waals surface area contributed by atoms with E-state index < -0.39 is 6.10 Å². The normalized spacial score (nSPS) is 13.0. The molecule has 3 N–H and O–H groups in total. The first-order valence-electron chi connectivity index (χ1n) is 4.79. The summed E-state index contributed by atoms with van der Waals surface area (Å²) in [6.07, 6.45) is -0.594. The molecule has 0 fully saturated rings. The van der Waals surface area contributed by atoms with Gasteiger partial charge in [-0.2, -0.15) is 0 Å². The maximum absolute atomic E-state index is 9.78. The van der Waals surface area contributed by atoms with Gasteiger partial charge in [0.15, 0.2) is 0 Å². The highest BCUT2D eigenvalue weighted by Crippen LogP contribution is 2.29. The molecule has 2 nitrogen and oxygen atoms in total. The topological polar surface area (TPSA) is 46.2 Å². The Morgan fingerprint density at radius 1 is 1.13 bits per heavy atom. The molecule has 0 aliphatic heterocycles. The van der Waals surface area contributed by atoms with E-state index in [0.29, 0.717) is 0 Å². The van der Waals surface area contributed by atoms with E-state index in [1.807, 2.05) is 36.4 Å². The zero-order chi connectivity index (χ0) is 10.8. The van der Waals surface area contributed by atoms with Crippen LogP contribution in [0.15, 0.2) is 40.9 Å². The van der Waals surface area contributed by atoms with E-state index in [1.54, 1.807) is 0 Å². The van der Waals surface area contributed by atoms with E-state index in [4.69, 9.17) is 5.73 Å². The van der Waals surface area contributed by atoms with Crippen molar-refractivity contribution in [1.82, 2.24) is 0 Å². The second-order valence-corrected chi connectivity index (χ2v) is 4.29. The van der Waals surface area contributed by atoms with Crippen LogP contribution in [-0.2, 0) is 0 Å². The Morgan fingerprint density at radius 2 is 1.80 bits per heavy atom. The third-order valence-corrected chi connectivity index (χ3v) is 3.18. The van der Waals surface area contributed by atoms with Crippen molar-refractivity contribution in [3.8, 4) is 0 Å². The lowest BCUT2D eigenvalue weighted by atomic mass is 10.0. The first-order chi connectivity index (χ1) is 7.24. The third-order valence-electron chi connectivity index (χ3n) is 2.49. The van der Waals surface area contributed by atoms with Crippen LogP contribution in [0.25, 0.3) is 10.8 Å². The SMILES string of the molecule is NCC(O)c1ccc(Br)c2ccccc12. The maximum atomic E-state index is 9.78. The van der Waals surface area contributed by atoms with Gasteiger partial charge in [-0.1, -0.05) is 46.3 Å². The molecular formula is C12H12BrNO.